The molecule has 0 radical (unpaired) electrons. The fourth-order valence-electron chi connectivity index (χ4n) is 2.38. The molecule has 0 bridgehead atoms. The van der Waals surface area contributed by atoms with Crippen molar-refractivity contribution in [3.8, 4) is 0 Å². The molecule has 24 heavy (non-hydrogen) atoms. The van der Waals surface area contributed by atoms with Crippen molar-refractivity contribution in [1.29, 1.82) is 0 Å². The smallest absolute Gasteiger partial charge is 0.299 e. The quantitative estimate of drug-likeness (QED) is 0.571. The molecule has 3 aromatic rings. The van der Waals surface area contributed by atoms with Gasteiger partial charge >= 0.3 is 4.87 Å². The molecule has 1 N–H and O–H groups in total. The number of hydrogen-bond acceptors (Lipinski definition) is 4. The number of nitrogens with one attached hydrogen (secondary N) is 1. The normalized spacial score (nSPS) is 11.8. The number of aromatic nitrogens is 1. The van der Waals surface area contributed by atoms with Gasteiger partial charge in [0.25, 0.3) is 10.0 Å². The second kappa shape index (κ2) is 6.85. The van der Waals surface area contributed by atoms with E-state index in [2.05, 4.69) is 27.3 Å². The number of rotatable bonds is 5. The van der Waals surface area contributed by atoms with Crippen molar-refractivity contribution in [3.05, 3.63) is 55.7 Å². The van der Waals surface area contributed by atoms with Gasteiger partial charge in [0.05, 0.1) is 15.1 Å². The van der Waals surface area contributed by atoms with Crippen molar-refractivity contribution in [2.45, 2.75) is 24.8 Å². The number of fused-ring (bicyclic) bond motifs is 1. The number of nitrogens with zero attached hydrogens (tertiary/aromatic N) is 1. The van der Waals surface area contributed by atoms with E-state index in [1.165, 1.54) is 6.07 Å². The van der Waals surface area contributed by atoms with Crippen LogP contribution in [0.2, 0.25) is 0 Å². The molecule has 2 aromatic carbocycles. The molecule has 1 heterocycles. The molecule has 0 aliphatic heterocycles. The van der Waals surface area contributed by atoms with Crippen molar-refractivity contribution in [3.63, 3.8) is 0 Å². The van der Waals surface area contributed by atoms with Crippen LogP contribution >= 0.6 is 33.9 Å². The number of anilines is 1. The lowest BCUT2D eigenvalue weighted by Crippen LogP contribution is -2.13. The summed E-state index contributed by atoms with van der Waals surface area (Å²) in [6, 6.07) is 11.9. The summed E-state index contributed by atoms with van der Waals surface area (Å²) in [6.45, 7) is 2.63. The summed E-state index contributed by atoms with van der Waals surface area (Å²) in [7, 11) is -3.69. The van der Waals surface area contributed by atoms with Gasteiger partial charge in [0.2, 0.25) is 0 Å². The van der Waals surface area contributed by atoms with Gasteiger partial charge in [-0.3, -0.25) is 14.1 Å². The zero-order valence-electron chi connectivity index (χ0n) is 12.8. The minimum atomic E-state index is -3.69. The minimum absolute atomic E-state index is 0.0630. The molecule has 3 rings (SSSR count). The second-order valence-electron chi connectivity index (χ2n) is 5.26. The summed E-state index contributed by atoms with van der Waals surface area (Å²) in [5, 5.41) is 0. The van der Waals surface area contributed by atoms with E-state index in [0.29, 0.717) is 16.9 Å². The molecule has 1 aromatic heterocycles. The van der Waals surface area contributed by atoms with Crippen LogP contribution in [0.15, 0.2) is 52.2 Å². The Morgan fingerprint density at radius 3 is 2.54 bits per heavy atom. The van der Waals surface area contributed by atoms with Crippen LogP contribution in [0.25, 0.3) is 10.2 Å². The molecule has 126 valence electrons. The lowest BCUT2D eigenvalue weighted by molar-refractivity contribution is 0.601. The Balaban J connectivity index is 1.99. The Hall–Kier alpha value is -1.39. The van der Waals surface area contributed by atoms with E-state index in [9.17, 15) is 13.2 Å². The molecule has 0 spiro atoms. The highest BCUT2D eigenvalue weighted by Crippen LogP contribution is 2.24. The molecular weight excluding hydrogens is 459 g/mol. The molecule has 0 saturated carbocycles. The van der Waals surface area contributed by atoms with Crippen molar-refractivity contribution < 1.29 is 8.42 Å². The average molecular weight is 474 g/mol. The average Bonchev–Trinajstić information content (AvgIpc) is 2.85. The summed E-state index contributed by atoms with van der Waals surface area (Å²) in [5.74, 6) is 0. The number of sulfonamides is 1. The monoisotopic (exact) mass is 474 g/mol. The molecule has 0 amide bonds. The molecule has 0 unspecified atom stereocenters. The fourth-order valence-corrected chi connectivity index (χ4v) is 4.86. The summed E-state index contributed by atoms with van der Waals surface area (Å²) in [5.41, 5.74) is 1.28. The predicted octanol–water partition coefficient (Wildman–Crippen LogP) is 3.88. The first-order valence-corrected chi connectivity index (χ1v) is 10.7. The minimum Gasteiger partial charge on any atom is -0.299 e. The van der Waals surface area contributed by atoms with Crippen LogP contribution in [-0.2, 0) is 16.6 Å². The van der Waals surface area contributed by atoms with Crippen LogP contribution in [0.3, 0.4) is 0 Å². The summed E-state index contributed by atoms with van der Waals surface area (Å²) in [4.78, 5) is 12.1. The Labute approximate surface area is 157 Å². The first-order valence-electron chi connectivity index (χ1n) is 7.32. The zero-order chi connectivity index (χ0) is 17.3. The van der Waals surface area contributed by atoms with Gasteiger partial charge in [-0.25, -0.2) is 8.42 Å². The Morgan fingerprint density at radius 2 is 1.88 bits per heavy atom. The van der Waals surface area contributed by atoms with E-state index >= 15 is 0 Å². The lowest BCUT2D eigenvalue weighted by Gasteiger charge is -2.08. The summed E-state index contributed by atoms with van der Waals surface area (Å²) >= 11 is 3.23. The standard InChI is InChI=1S/C16H15IN2O3S2/c1-2-9-19-14-8-7-13(10-15(14)23-16(19)20)24(21,22)18-12-5-3-11(17)4-6-12/h3-8,10,18H,2,9H2,1H3. The van der Waals surface area contributed by atoms with Gasteiger partial charge in [0.15, 0.2) is 0 Å². The number of aryl methyl sites for hydroxylation is 1. The molecule has 8 heteroatoms. The maximum Gasteiger partial charge on any atom is 0.308 e. The van der Waals surface area contributed by atoms with Crippen molar-refractivity contribution >= 4 is 59.9 Å². The largest absolute Gasteiger partial charge is 0.308 e. The number of halogens is 1. The molecular formula is C16H15IN2O3S2. The van der Waals surface area contributed by atoms with Gasteiger partial charge < -0.3 is 0 Å². The van der Waals surface area contributed by atoms with Gasteiger partial charge in [-0.05, 0) is 71.5 Å². The third-order valence-corrected chi connectivity index (χ3v) is 6.53. The number of benzene rings is 2. The van der Waals surface area contributed by atoms with Gasteiger partial charge in [-0.1, -0.05) is 18.3 Å². The number of thiazole rings is 1. The van der Waals surface area contributed by atoms with Gasteiger partial charge in [0, 0.05) is 15.8 Å². The van der Waals surface area contributed by atoms with E-state index in [4.69, 9.17) is 0 Å². The first-order chi connectivity index (χ1) is 11.4. The molecule has 5 nitrogen and oxygen atoms in total. The Bertz CT molecular complexity index is 1040. The maximum atomic E-state index is 12.6. The van der Waals surface area contributed by atoms with Crippen molar-refractivity contribution in [2.24, 2.45) is 0 Å². The zero-order valence-corrected chi connectivity index (χ0v) is 16.6. The Kier molecular flexibility index (Phi) is 4.97. The maximum absolute atomic E-state index is 12.6. The lowest BCUT2D eigenvalue weighted by atomic mass is 10.3. The van der Waals surface area contributed by atoms with Crippen molar-refractivity contribution in [2.75, 3.05) is 4.72 Å². The highest BCUT2D eigenvalue weighted by molar-refractivity contribution is 14.1. The van der Waals surface area contributed by atoms with Gasteiger partial charge in [-0.15, -0.1) is 0 Å². The second-order valence-corrected chi connectivity index (χ2v) is 9.18. The molecule has 0 atom stereocenters. The molecule has 0 aliphatic rings. The summed E-state index contributed by atoms with van der Waals surface area (Å²) in [6.07, 6.45) is 0.847. The van der Waals surface area contributed by atoms with E-state index in [0.717, 1.165) is 26.8 Å². The van der Waals surface area contributed by atoms with E-state index < -0.39 is 10.0 Å². The van der Waals surface area contributed by atoms with Gasteiger partial charge in [0.1, 0.15) is 0 Å². The van der Waals surface area contributed by atoms with Crippen LogP contribution in [0.4, 0.5) is 5.69 Å². The summed E-state index contributed by atoms with van der Waals surface area (Å²) < 4.78 is 31.1. The fraction of sp³-hybridized carbons (Fsp3) is 0.188. The predicted molar refractivity (Wildman–Crippen MR) is 106 cm³/mol. The van der Waals surface area contributed by atoms with E-state index in [-0.39, 0.29) is 9.77 Å². The van der Waals surface area contributed by atoms with E-state index in [1.807, 2.05) is 19.1 Å². The van der Waals surface area contributed by atoms with Crippen LogP contribution in [-0.4, -0.2) is 13.0 Å². The van der Waals surface area contributed by atoms with E-state index in [1.54, 1.807) is 28.8 Å². The van der Waals surface area contributed by atoms with Crippen LogP contribution in [0, 0.1) is 3.57 Å². The van der Waals surface area contributed by atoms with Gasteiger partial charge in [-0.2, -0.15) is 0 Å². The number of hydrogen-bond donors (Lipinski definition) is 1. The topological polar surface area (TPSA) is 68.2 Å². The van der Waals surface area contributed by atoms with Crippen LogP contribution in [0.5, 0.6) is 0 Å². The molecule has 0 aliphatic carbocycles. The highest BCUT2D eigenvalue weighted by Gasteiger charge is 2.17. The third kappa shape index (κ3) is 3.50. The first kappa shape index (κ1) is 17.4. The van der Waals surface area contributed by atoms with Crippen molar-refractivity contribution in [1.82, 2.24) is 4.57 Å². The van der Waals surface area contributed by atoms with Crippen LogP contribution in [0.1, 0.15) is 13.3 Å². The Morgan fingerprint density at radius 1 is 1.17 bits per heavy atom. The molecule has 0 saturated heterocycles. The highest BCUT2D eigenvalue weighted by atomic mass is 127. The SMILES string of the molecule is CCCn1c(=O)sc2cc(S(=O)(=O)Nc3ccc(I)cc3)ccc21. The van der Waals surface area contributed by atoms with Crippen LogP contribution < -0.4 is 9.60 Å². The molecule has 0 fully saturated rings. The third-order valence-electron chi connectivity index (χ3n) is 3.49.